The predicted octanol–water partition coefficient (Wildman–Crippen LogP) is 4.71. The quantitative estimate of drug-likeness (QED) is 0.746. The molecule has 0 amide bonds. The van der Waals surface area contributed by atoms with E-state index in [4.69, 9.17) is 5.26 Å². The van der Waals surface area contributed by atoms with Gasteiger partial charge in [0.15, 0.2) is 0 Å². The third-order valence-corrected chi connectivity index (χ3v) is 4.97. The first kappa shape index (κ1) is 16.4. The van der Waals surface area contributed by atoms with Crippen LogP contribution in [-0.2, 0) is 6.54 Å². The van der Waals surface area contributed by atoms with Crippen molar-refractivity contribution < 1.29 is 0 Å². The van der Waals surface area contributed by atoms with Crippen LogP contribution in [0.2, 0.25) is 0 Å². The van der Waals surface area contributed by atoms with Crippen molar-refractivity contribution in [2.75, 3.05) is 23.3 Å². The minimum Gasteiger partial charge on any atom is -0.371 e. The molecule has 0 unspecified atom stereocenters. The summed E-state index contributed by atoms with van der Waals surface area (Å²) in [5.41, 5.74) is 4.20. The number of hydrogen-bond donors (Lipinski definition) is 1. The van der Waals surface area contributed by atoms with Crippen LogP contribution in [-0.4, -0.2) is 18.1 Å². The molecule has 2 aromatic carbocycles. The second-order valence-corrected chi connectivity index (χ2v) is 6.75. The number of rotatable bonds is 4. The summed E-state index contributed by atoms with van der Waals surface area (Å²) < 4.78 is 0. The van der Waals surface area contributed by atoms with Crippen molar-refractivity contribution in [2.24, 2.45) is 0 Å². The highest BCUT2D eigenvalue weighted by Crippen LogP contribution is 2.25. The molecule has 1 aliphatic heterocycles. The molecule has 130 valence electrons. The summed E-state index contributed by atoms with van der Waals surface area (Å²) in [6.07, 6.45) is 3.89. The van der Waals surface area contributed by atoms with E-state index in [-0.39, 0.29) is 0 Å². The van der Waals surface area contributed by atoms with Gasteiger partial charge in [0, 0.05) is 30.7 Å². The van der Waals surface area contributed by atoms with Crippen LogP contribution in [0, 0.1) is 11.3 Å². The third kappa shape index (κ3) is 3.48. The average Bonchev–Trinajstić information content (AvgIpc) is 2.72. The molecule has 1 aromatic heterocycles. The minimum atomic E-state index is 0.662. The van der Waals surface area contributed by atoms with Crippen LogP contribution in [0.25, 0.3) is 10.9 Å². The molecular weight excluding hydrogens is 320 g/mol. The van der Waals surface area contributed by atoms with E-state index in [0.717, 1.165) is 36.4 Å². The van der Waals surface area contributed by atoms with Gasteiger partial charge in [-0.2, -0.15) is 5.26 Å². The van der Waals surface area contributed by atoms with E-state index >= 15 is 0 Å². The lowest BCUT2D eigenvalue weighted by molar-refractivity contribution is 0.576. The summed E-state index contributed by atoms with van der Waals surface area (Å²) >= 11 is 0. The number of benzene rings is 2. The first-order valence-corrected chi connectivity index (χ1v) is 9.21. The van der Waals surface area contributed by atoms with Crippen molar-refractivity contribution in [3.8, 4) is 6.07 Å². The first-order valence-electron chi connectivity index (χ1n) is 9.21. The Hall–Kier alpha value is -3.06. The van der Waals surface area contributed by atoms with Gasteiger partial charge in [-0.3, -0.25) is 0 Å². The Morgan fingerprint density at radius 1 is 1.00 bits per heavy atom. The summed E-state index contributed by atoms with van der Waals surface area (Å²) in [4.78, 5) is 7.17. The van der Waals surface area contributed by atoms with E-state index in [1.807, 2.05) is 30.3 Å². The monoisotopic (exact) mass is 342 g/mol. The molecule has 0 saturated carbocycles. The second kappa shape index (κ2) is 7.45. The van der Waals surface area contributed by atoms with Gasteiger partial charge in [-0.1, -0.05) is 18.2 Å². The Kier molecular flexibility index (Phi) is 4.70. The van der Waals surface area contributed by atoms with Gasteiger partial charge >= 0.3 is 0 Å². The number of para-hydroxylation sites is 1. The number of fused-ring (bicyclic) bond motifs is 1. The number of hydrogen-bond acceptors (Lipinski definition) is 4. The van der Waals surface area contributed by atoms with Crippen molar-refractivity contribution >= 4 is 22.4 Å². The van der Waals surface area contributed by atoms with E-state index in [0.29, 0.717) is 5.56 Å². The van der Waals surface area contributed by atoms with Gasteiger partial charge in [0.1, 0.15) is 5.82 Å². The van der Waals surface area contributed by atoms with Gasteiger partial charge in [0.25, 0.3) is 0 Å². The molecule has 2 heterocycles. The summed E-state index contributed by atoms with van der Waals surface area (Å²) in [6, 6.07) is 20.4. The van der Waals surface area contributed by atoms with Crippen LogP contribution in [0.3, 0.4) is 0 Å². The molecule has 0 radical (unpaired) electrons. The molecule has 0 bridgehead atoms. The molecule has 0 aliphatic carbocycles. The lowest BCUT2D eigenvalue weighted by Crippen LogP contribution is -2.30. The zero-order valence-electron chi connectivity index (χ0n) is 14.8. The largest absolute Gasteiger partial charge is 0.371 e. The van der Waals surface area contributed by atoms with Crippen LogP contribution < -0.4 is 10.2 Å². The topological polar surface area (TPSA) is 52.0 Å². The number of pyridine rings is 1. The Morgan fingerprint density at radius 2 is 1.85 bits per heavy atom. The maximum atomic E-state index is 9.01. The molecule has 1 aliphatic rings. The maximum absolute atomic E-state index is 9.01. The highest BCUT2D eigenvalue weighted by Gasteiger charge is 2.14. The fourth-order valence-electron chi connectivity index (χ4n) is 3.58. The maximum Gasteiger partial charge on any atom is 0.126 e. The van der Waals surface area contributed by atoms with Crippen LogP contribution in [0.1, 0.15) is 30.4 Å². The van der Waals surface area contributed by atoms with Gasteiger partial charge < -0.3 is 10.2 Å². The molecule has 4 nitrogen and oxygen atoms in total. The Balaban J connectivity index is 1.52. The van der Waals surface area contributed by atoms with E-state index in [1.165, 1.54) is 30.5 Å². The van der Waals surface area contributed by atoms with Gasteiger partial charge in [0.2, 0.25) is 0 Å². The lowest BCUT2D eigenvalue weighted by Gasteiger charge is -2.30. The van der Waals surface area contributed by atoms with Gasteiger partial charge in [-0.25, -0.2) is 4.98 Å². The fourth-order valence-corrected chi connectivity index (χ4v) is 3.58. The molecule has 4 heteroatoms. The zero-order valence-corrected chi connectivity index (χ0v) is 14.8. The number of anilines is 2. The minimum absolute atomic E-state index is 0.662. The molecule has 26 heavy (non-hydrogen) atoms. The van der Waals surface area contributed by atoms with Crippen molar-refractivity contribution in [2.45, 2.75) is 25.8 Å². The fraction of sp³-hybridized carbons (Fsp3) is 0.273. The summed E-state index contributed by atoms with van der Waals surface area (Å²) in [7, 11) is 0. The zero-order chi connectivity index (χ0) is 17.8. The highest BCUT2D eigenvalue weighted by atomic mass is 15.1. The summed E-state index contributed by atoms with van der Waals surface area (Å²) in [5, 5.41) is 13.5. The van der Waals surface area contributed by atoms with Crippen molar-refractivity contribution in [1.82, 2.24) is 4.98 Å². The number of aromatic nitrogens is 1. The van der Waals surface area contributed by atoms with Crippen molar-refractivity contribution in [3.05, 3.63) is 65.7 Å². The molecular formula is C22H22N4. The molecule has 3 aromatic rings. The predicted molar refractivity (Wildman–Crippen MR) is 106 cm³/mol. The van der Waals surface area contributed by atoms with Crippen LogP contribution in [0.5, 0.6) is 0 Å². The van der Waals surface area contributed by atoms with E-state index in [9.17, 15) is 0 Å². The van der Waals surface area contributed by atoms with Crippen LogP contribution in [0.4, 0.5) is 11.5 Å². The molecule has 0 spiro atoms. The Labute approximate surface area is 154 Å². The van der Waals surface area contributed by atoms with Gasteiger partial charge in [-0.15, -0.1) is 0 Å². The summed E-state index contributed by atoms with van der Waals surface area (Å²) in [6.45, 7) is 3.04. The van der Waals surface area contributed by atoms with E-state index < -0.39 is 0 Å². The van der Waals surface area contributed by atoms with Gasteiger partial charge in [0.05, 0.1) is 17.1 Å². The molecule has 1 fully saturated rings. The normalized spacial score (nSPS) is 14.2. The van der Waals surface area contributed by atoms with E-state index in [2.05, 4.69) is 45.5 Å². The smallest absolute Gasteiger partial charge is 0.126 e. The number of nitrogens with one attached hydrogen (secondary N) is 1. The molecule has 4 rings (SSSR count). The second-order valence-electron chi connectivity index (χ2n) is 6.75. The SMILES string of the molecule is N#Cc1ccc2nc(NCc3ccccc3N3CCCCC3)ccc2c1. The van der Waals surface area contributed by atoms with Crippen molar-refractivity contribution in [1.29, 1.82) is 5.26 Å². The molecule has 1 saturated heterocycles. The number of piperidine rings is 1. The Bertz CT molecular complexity index is 952. The standard InChI is InChI=1S/C22H22N4/c23-15-17-8-10-20-18(14-17)9-11-22(25-20)24-16-19-6-2-3-7-21(19)26-12-4-1-5-13-26/h2-3,6-11,14H,1,4-5,12-13,16H2,(H,24,25). The number of nitrogens with zero attached hydrogens (tertiary/aromatic N) is 3. The lowest BCUT2D eigenvalue weighted by atomic mass is 10.1. The number of nitriles is 1. The van der Waals surface area contributed by atoms with Crippen molar-refractivity contribution in [3.63, 3.8) is 0 Å². The van der Waals surface area contributed by atoms with E-state index in [1.54, 1.807) is 0 Å². The third-order valence-electron chi connectivity index (χ3n) is 4.97. The van der Waals surface area contributed by atoms with Crippen LogP contribution >= 0.6 is 0 Å². The first-order chi connectivity index (χ1) is 12.8. The average molecular weight is 342 g/mol. The van der Waals surface area contributed by atoms with Gasteiger partial charge in [-0.05, 0) is 61.2 Å². The Morgan fingerprint density at radius 3 is 2.69 bits per heavy atom. The molecule has 1 N–H and O–H groups in total. The summed E-state index contributed by atoms with van der Waals surface area (Å²) in [5.74, 6) is 0.857. The highest BCUT2D eigenvalue weighted by molar-refractivity contribution is 5.81. The van der Waals surface area contributed by atoms with Crippen LogP contribution in [0.15, 0.2) is 54.6 Å². The molecule has 0 atom stereocenters.